The summed E-state index contributed by atoms with van der Waals surface area (Å²) >= 11 is 0. The van der Waals surface area contributed by atoms with Crippen molar-refractivity contribution in [1.29, 1.82) is 0 Å². The third-order valence-corrected chi connectivity index (χ3v) is 5.28. The largest absolute Gasteiger partial charge is 0.491 e. The fourth-order valence-corrected chi connectivity index (χ4v) is 3.61. The van der Waals surface area contributed by atoms with Crippen LogP contribution in [0.1, 0.15) is 32.1 Å². The molecule has 0 bridgehead atoms. The van der Waals surface area contributed by atoms with Crippen LogP contribution in [0.25, 0.3) is 0 Å². The molecular weight excluding hydrogens is 406 g/mol. The van der Waals surface area contributed by atoms with Crippen molar-refractivity contribution >= 4 is 11.7 Å². The van der Waals surface area contributed by atoms with Gasteiger partial charge in [0.1, 0.15) is 18.5 Å². The number of hydrogen-bond donors (Lipinski definition) is 4. The average molecular weight is 435 g/mol. The van der Waals surface area contributed by atoms with Crippen LogP contribution in [0.5, 0.6) is 5.75 Å². The molecule has 31 heavy (non-hydrogen) atoms. The summed E-state index contributed by atoms with van der Waals surface area (Å²) in [5.74, 6) is -0.971. The fraction of sp³-hybridized carbons (Fsp3) is 0.500. The molecule has 1 saturated carbocycles. The van der Waals surface area contributed by atoms with Crippen LogP contribution in [-0.4, -0.2) is 56.2 Å². The Balaban J connectivity index is 1.83. The topological polar surface area (TPSA) is 150 Å². The number of hydrogen-bond acceptors (Lipinski definition) is 7. The molecule has 1 aliphatic carbocycles. The van der Waals surface area contributed by atoms with E-state index in [1.807, 2.05) is 12.2 Å². The van der Waals surface area contributed by atoms with Crippen molar-refractivity contribution in [1.82, 2.24) is 0 Å². The van der Waals surface area contributed by atoms with Gasteiger partial charge in [-0.2, -0.15) is 0 Å². The maximum atomic E-state index is 10.7. The number of nitrogens with zero attached hydrogens (tertiary/aromatic N) is 1. The molecule has 9 heteroatoms. The van der Waals surface area contributed by atoms with Gasteiger partial charge in [-0.3, -0.25) is 14.9 Å². The van der Waals surface area contributed by atoms with E-state index >= 15 is 0 Å². The molecule has 170 valence electrons. The number of non-ortho nitro benzene ring substituents is 1. The maximum Gasteiger partial charge on any atom is 0.303 e. The van der Waals surface area contributed by atoms with Gasteiger partial charge in [0.25, 0.3) is 5.69 Å². The zero-order valence-electron chi connectivity index (χ0n) is 17.1. The number of aliphatic hydroxyl groups is 3. The smallest absolute Gasteiger partial charge is 0.303 e. The first kappa shape index (κ1) is 24.5. The van der Waals surface area contributed by atoms with E-state index < -0.39 is 29.2 Å². The minimum Gasteiger partial charge on any atom is -0.491 e. The van der Waals surface area contributed by atoms with Crippen molar-refractivity contribution in [2.24, 2.45) is 11.8 Å². The standard InChI is InChI=1S/C22H29NO8/c24-16(14-31-17-10-7-15(8-11-17)23(29)30)9-12-19-18(20(25)13-21(19)26)5-3-1-2-4-6-22(27)28/h1,3,7-12,16,18-21,24-26H,2,4-6,13-14H2,(H,27,28)/b3-1-,12-9+/t16?,18-,19-,20+,21-/m1/s1. The van der Waals surface area contributed by atoms with Gasteiger partial charge >= 0.3 is 5.97 Å². The van der Waals surface area contributed by atoms with E-state index in [0.29, 0.717) is 25.0 Å². The Kier molecular flexibility index (Phi) is 9.64. The van der Waals surface area contributed by atoms with Crippen LogP contribution in [0, 0.1) is 22.0 Å². The van der Waals surface area contributed by atoms with Gasteiger partial charge in [-0.05, 0) is 37.3 Å². The first-order valence-corrected chi connectivity index (χ1v) is 10.2. The molecule has 0 amide bonds. The summed E-state index contributed by atoms with van der Waals surface area (Å²) in [7, 11) is 0. The minimum atomic E-state index is -0.952. The maximum absolute atomic E-state index is 10.7. The van der Waals surface area contributed by atoms with Crippen LogP contribution in [-0.2, 0) is 4.79 Å². The van der Waals surface area contributed by atoms with Crippen molar-refractivity contribution in [3.63, 3.8) is 0 Å². The summed E-state index contributed by atoms with van der Waals surface area (Å²) in [5, 5.41) is 49.9. The highest BCUT2D eigenvalue weighted by Gasteiger charge is 2.39. The summed E-state index contributed by atoms with van der Waals surface area (Å²) in [4.78, 5) is 20.7. The Morgan fingerprint density at radius 1 is 1.23 bits per heavy atom. The highest BCUT2D eigenvalue weighted by atomic mass is 16.6. The average Bonchev–Trinajstić information content (AvgIpc) is 2.99. The van der Waals surface area contributed by atoms with E-state index in [1.165, 1.54) is 30.3 Å². The second-order valence-corrected chi connectivity index (χ2v) is 7.62. The highest BCUT2D eigenvalue weighted by Crippen LogP contribution is 2.36. The van der Waals surface area contributed by atoms with E-state index in [2.05, 4.69) is 0 Å². The molecule has 1 unspecified atom stereocenters. The lowest BCUT2D eigenvalue weighted by Gasteiger charge is -2.19. The highest BCUT2D eigenvalue weighted by molar-refractivity contribution is 5.66. The molecule has 5 atom stereocenters. The predicted octanol–water partition coefficient (Wildman–Crippen LogP) is 2.45. The number of ether oxygens (including phenoxy) is 1. The van der Waals surface area contributed by atoms with E-state index in [1.54, 1.807) is 6.08 Å². The number of carbonyl (C=O) groups is 1. The fourth-order valence-electron chi connectivity index (χ4n) is 3.61. The van der Waals surface area contributed by atoms with Gasteiger partial charge in [-0.25, -0.2) is 0 Å². The van der Waals surface area contributed by atoms with E-state index in [0.717, 1.165) is 0 Å². The third-order valence-electron chi connectivity index (χ3n) is 5.28. The molecule has 0 saturated heterocycles. The van der Waals surface area contributed by atoms with Crippen LogP contribution in [0.3, 0.4) is 0 Å². The zero-order chi connectivity index (χ0) is 22.8. The lowest BCUT2D eigenvalue weighted by molar-refractivity contribution is -0.384. The molecule has 0 spiro atoms. The molecule has 0 aromatic heterocycles. The number of nitro groups is 1. The predicted molar refractivity (Wildman–Crippen MR) is 113 cm³/mol. The Hall–Kier alpha value is -2.75. The van der Waals surface area contributed by atoms with Crippen LogP contribution in [0.2, 0.25) is 0 Å². The molecule has 1 fully saturated rings. The van der Waals surface area contributed by atoms with Gasteiger partial charge in [0.05, 0.1) is 17.1 Å². The molecule has 0 radical (unpaired) electrons. The molecular formula is C22H29NO8. The molecule has 1 aromatic carbocycles. The van der Waals surface area contributed by atoms with Crippen LogP contribution < -0.4 is 4.74 Å². The molecule has 9 nitrogen and oxygen atoms in total. The van der Waals surface area contributed by atoms with Crippen molar-refractivity contribution in [2.45, 2.75) is 50.4 Å². The molecule has 4 N–H and O–H groups in total. The molecule has 1 aromatic rings. The van der Waals surface area contributed by atoms with Gasteiger partial charge < -0.3 is 25.2 Å². The van der Waals surface area contributed by atoms with Gasteiger partial charge in [0, 0.05) is 30.9 Å². The lowest BCUT2D eigenvalue weighted by Crippen LogP contribution is -2.21. The normalized spacial score (nSPS) is 24.6. The molecule has 0 heterocycles. The van der Waals surface area contributed by atoms with Crippen molar-refractivity contribution in [2.75, 3.05) is 6.61 Å². The van der Waals surface area contributed by atoms with Gasteiger partial charge in [-0.1, -0.05) is 24.3 Å². The van der Waals surface area contributed by atoms with E-state index in [4.69, 9.17) is 9.84 Å². The summed E-state index contributed by atoms with van der Waals surface area (Å²) in [6.45, 7) is -0.0617. The molecule has 1 aliphatic rings. The Morgan fingerprint density at radius 2 is 1.94 bits per heavy atom. The van der Waals surface area contributed by atoms with Crippen LogP contribution >= 0.6 is 0 Å². The quantitative estimate of drug-likeness (QED) is 0.169. The third kappa shape index (κ3) is 8.12. The number of aliphatic hydroxyl groups excluding tert-OH is 3. The van der Waals surface area contributed by atoms with Crippen LogP contribution in [0.15, 0.2) is 48.6 Å². The SMILES string of the molecule is O=C(O)CCC/C=C\C[C@@H]1[C@@H](/C=C/C(O)COc2ccc([N+](=O)[O-])cc2)[C@H](O)C[C@@H]1O. The first-order chi connectivity index (χ1) is 14.8. The number of carboxylic acid groups (broad SMARTS) is 1. The second kappa shape index (κ2) is 12.2. The number of aliphatic carboxylic acids is 1. The minimum absolute atomic E-state index is 0.0523. The summed E-state index contributed by atoms with van der Waals surface area (Å²) in [5.41, 5.74) is -0.0523. The van der Waals surface area contributed by atoms with Crippen molar-refractivity contribution < 1.29 is 34.9 Å². The van der Waals surface area contributed by atoms with E-state index in [-0.39, 0.29) is 37.0 Å². The second-order valence-electron chi connectivity index (χ2n) is 7.62. The Morgan fingerprint density at radius 3 is 2.58 bits per heavy atom. The van der Waals surface area contributed by atoms with Crippen LogP contribution in [0.4, 0.5) is 5.69 Å². The van der Waals surface area contributed by atoms with Crippen molar-refractivity contribution in [3.8, 4) is 5.75 Å². The Labute approximate surface area is 180 Å². The summed E-state index contributed by atoms with van der Waals surface area (Å²) in [6, 6.07) is 5.52. The van der Waals surface area contributed by atoms with Gasteiger partial charge in [0.2, 0.25) is 0 Å². The zero-order valence-corrected chi connectivity index (χ0v) is 17.1. The number of unbranched alkanes of at least 4 members (excludes halogenated alkanes) is 1. The molecule has 0 aliphatic heterocycles. The monoisotopic (exact) mass is 435 g/mol. The number of allylic oxidation sites excluding steroid dienone is 2. The number of carboxylic acids is 1. The number of benzene rings is 1. The lowest BCUT2D eigenvalue weighted by atomic mass is 9.89. The van der Waals surface area contributed by atoms with Crippen molar-refractivity contribution in [3.05, 3.63) is 58.7 Å². The number of rotatable bonds is 12. The first-order valence-electron chi connectivity index (χ1n) is 10.2. The summed E-state index contributed by atoms with van der Waals surface area (Å²) < 4.78 is 5.42. The summed E-state index contributed by atoms with van der Waals surface area (Å²) in [6.07, 6.45) is 6.72. The number of nitro benzene ring substituents is 1. The van der Waals surface area contributed by atoms with E-state index in [9.17, 15) is 30.2 Å². The Bertz CT molecular complexity index is 776. The molecule has 2 rings (SSSR count). The van der Waals surface area contributed by atoms with Gasteiger partial charge in [0.15, 0.2) is 0 Å². The van der Waals surface area contributed by atoms with Gasteiger partial charge in [-0.15, -0.1) is 0 Å².